The summed E-state index contributed by atoms with van der Waals surface area (Å²) in [5, 5.41) is 4.12. The number of halogens is 3. The highest BCUT2D eigenvalue weighted by Crippen LogP contribution is 2.24. The van der Waals surface area contributed by atoms with E-state index in [0.717, 1.165) is 5.56 Å². The smallest absolute Gasteiger partial charge is 0.167 e. The van der Waals surface area contributed by atoms with Gasteiger partial charge in [0, 0.05) is 18.3 Å². The third kappa shape index (κ3) is 3.52. The molecule has 0 aliphatic carbocycles. The van der Waals surface area contributed by atoms with Crippen LogP contribution in [-0.4, -0.2) is 7.11 Å². The highest BCUT2D eigenvalue weighted by molar-refractivity contribution is 6.42. The van der Waals surface area contributed by atoms with Crippen LogP contribution in [0.25, 0.3) is 0 Å². The Morgan fingerprint density at radius 1 is 1.11 bits per heavy atom. The van der Waals surface area contributed by atoms with Crippen LogP contribution in [0.2, 0.25) is 10.0 Å². The zero-order chi connectivity index (χ0) is 13.8. The molecule has 1 N–H and O–H groups in total. The van der Waals surface area contributed by atoms with Gasteiger partial charge >= 0.3 is 0 Å². The molecule has 2 aromatic carbocycles. The van der Waals surface area contributed by atoms with E-state index in [1.807, 2.05) is 6.07 Å². The van der Waals surface area contributed by atoms with Crippen molar-refractivity contribution in [1.82, 2.24) is 0 Å². The first-order valence-corrected chi connectivity index (χ1v) is 6.37. The normalized spacial score (nSPS) is 10.3. The Labute approximate surface area is 121 Å². The van der Waals surface area contributed by atoms with Crippen LogP contribution in [0, 0.1) is 5.82 Å². The fraction of sp³-hybridized carbons (Fsp3) is 0.143. The third-order valence-electron chi connectivity index (χ3n) is 2.63. The SMILES string of the molecule is COc1ccc(NCc2ccc(Cl)c(Cl)c2)cc1F. The number of ether oxygens (including phenoxy) is 1. The Bertz CT molecular complexity index is 590. The molecule has 0 saturated heterocycles. The first kappa shape index (κ1) is 14.0. The Morgan fingerprint density at radius 2 is 1.89 bits per heavy atom. The van der Waals surface area contributed by atoms with E-state index in [9.17, 15) is 4.39 Å². The fourth-order valence-electron chi connectivity index (χ4n) is 1.63. The van der Waals surface area contributed by atoms with Crippen LogP contribution in [0.1, 0.15) is 5.56 Å². The number of hydrogen-bond acceptors (Lipinski definition) is 2. The lowest BCUT2D eigenvalue weighted by Gasteiger charge is -2.09. The monoisotopic (exact) mass is 299 g/mol. The lowest BCUT2D eigenvalue weighted by Crippen LogP contribution is -2.00. The van der Waals surface area contributed by atoms with Gasteiger partial charge in [0.15, 0.2) is 11.6 Å². The van der Waals surface area contributed by atoms with Gasteiger partial charge in [-0.15, -0.1) is 0 Å². The van der Waals surface area contributed by atoms with E-state index in [4.69, 9.17) is 27.9 Å². The largest absolute Gasteiger partial charge is 0.494 e. The summed E-state index contributed by atoms with van der Waals surface area (Å²) in [5.41, 5.74) is 1.63. The van der Waals surface area contributed by atoms with E-state index in [0.29, 0.717) is 22.3 Å². The van der Waals surface area contributed by atoms with Gasteiger partial charge in [0.2, 0.25) is 0 Å². The molecule has 0 spiro atoms. The number of benzene rings is 2. The Kier molecular flexibility index (Phi) is 4.51. The third-order valence-corrected chi connectivity index (χ3v) is 3.37. The number of methoxy groups -OCH3 is 1. The lowest BCUT2D eigenvalue weighted by molar-refractivity contribution is 0.386. The Balaban J connectivity index is 2.05. The topological polar surface area (TPSA) is 21.3 Å². The first-order chi connectivity index (χ1) is 9.10. The van der Waals surface area contributed by atoms with E-state index < -0.39 is 5.82 Å². The van der Waals surface area contributed by atoms with Gasteiger partial charge in [-0.25, -0.2) is 4.39 Å². The summed E-state index contributed by atoms with van der Waals surface area (Å²) in [6.45, 7) is 0.530. The summed E-state index contributed by atoms with van der Waals surface area (Å²) >= 11 is 11.8. The second-order valence-corrected chi connectivity index (χ2v) is 4.77. The van der Waals surface area contributed by atoms with Crippen LogP contribution >= 0.6 is 23.2 Å². The van der Waals surface area contributed by atoms with Gasteiger partial charge in [-0.1, -0.05) is 29.3 Å². The lowest BCUT2D eigenvalue weighted by atomic mass is 10.2. The number of nitrogens with one attached hydrogen (secondary N) is 1. The Hall–Kier alpha value is -1.45. The second kappa shape index (κ2) is 6.13. The van der Waals surface area contributed by atoms with Crippen molar-refractivity contribution in [1.29, 1.82) is 0 Å². The molecule has 0 aliphatic heterocycles. The summed E-state index contributed by atoms with van der Waals surface area (Å²) in [5.74, 6) is -0.179. The van der Waals surface area contributed by atoms with Crippen molar-refractivity contribution in [3.05, 3.63) is 57.8 Å². The van der Waals surface area contributed by atoms with Gasteiger partial charge < -0.3 is 10.1 Å². The quantitative estimate of drug-likeness (QED) is 0.879. The van der Waals surface area contributed by atoms with Crippen molar-refractivity contribution in [2.24, 2.45) is 0 Å². The minimum Gasteiger partial charge on any atom is -0.494 e. The first-order valence-electron chi connectivity index (χ1n) is 5.61. The standard InChI is InChI=1S/C14H12Cl2FNO/c1-19-14-5-3-10(7-13(14)17)18-8-9-2-4-11(15)12(16)6-9/h2-7,18H,8H2,1H3. The van der Waals surface area contributed by atoms with Crippen molar-refractivity contribution in [2.75, 3.05) is 12.4 Å². The molecule has 0 aromatic heterocycles. The number of hydrogen-bond donors (Lipinski definition) is 1. The maximum Gasteiger partial charge on any atom is 0.167 e. The molecule has 2 aromatic rings. The molecule has 0 radical (unpaired) electrons. The van der Waals surface area contributed by atoms with Crippen LogP contribution < -0.4 is 10.1 Å². The van der Waals surface area contributed by atoms with Crippen molar-refractivity contribution in [3.8, 4) is 5.75 Å². The zero-order valence-corrected chi connectivity index (χ0v) is 11.7. The molecular weight excluding hydrogens is 288 g/mol. The van der Waals surface area contributed by atoms with Crippen LogP contribution in [0.4, 0.5) is 10.1 Å². The molecule has 0 fully saturated rings. The molecule has 0 unspecified atom stereocenters. The Morgan fingerprint density at radius 3 is 2.53 bits per heavy atom. The van der Waals surface area contributed by atoms with Gasteiger partial charge in [0.25, 0.3) is 0 Å². The molecule has 0 bridgehead atoms. The van der Waals surface area contributed by atoms with Gasteiger partial charge in [-0.3, -0.25) is 0 Å². The number of rotatable bonds is 4. The number of anilines is 1. The molecule has 5 heteroatoms. The molecule has 2 nitrogen and oxygen atoms in total. The molecule has 0 amide bonds. The highest BCUT2D eigenvalue weighted by atomic mass is 35.5. The summed E-state index contributed by atoms with van der Waals surface area (Å²) in [6.07, 6.45) is 0. The highest BCUT2D eigenvalue weighted by Gasteiger charge is 2.04. The maximum absolute atomic E-state index is 13.5. The second-order valence-electron chi connectivity index (χ2n) is 3.95. The minimum atomic E-state index is -0.401. The fourth-order valence-corrected chi connectivity index (χ4v) is 1.95. The predicted octanol–water partition coefficient (Wildman–Crippen LogP) is 4.75. The summed E-state index contributed by atoms with van der Waals surface area (Å²) in [7, 11) is 1.43. The predicted molar refractivity (Wildman–Crippen MR) is 76.7 cm³/mol. The zero-order valence-electron chi connectivity index (χ0n) is 10.2. The van der Waals surface area contributed by atoms with E-state index in [2.05, 4.69) is 5.32 Å². The molecule has 100 valence electrons. The summed E-state index contributed by atoms with van der Waals surface area (Å²) in [6, 6.07) is 10.1. The van der Waals surface area contributed by atoms with Gasteiger partial charge in [0.1, 0.15) is 0 Å². The minimum absolute atomic E-state index is 0.222. The van der Waals surface area contributed by atoms with Crippen LogP contribution in [-0.2, 0) is 6.54 Å². The average molecular weight is 300 g/mol. The molecule has 0 atom stereocenters. The van der Waals surface area contributed by atoms with E-state index >= 15 is 0 Å². The van der Waals surface area contributed by atoms with E-state index in [-0.39, 0.29) is 5.75 Å². The maximum atomic E-state index is 13.5. The molecule has 19 heavy (non-hydrogen) atoms. The van der Waals surface area contributed by atoms with Gasteiger partial charge in [0.05, 0.1) is 17.2 Å². The molecule has 0 aliphatic rings. The van der Waals surface area contributed by atoms with Gasteiger partial charge in [-0.2, -0.15) is 0 Å². The van der Waals surface area contributed by atoms with Crippen molar-refractivity contribution in [2.45, 2.75) is 6.54 Å². The molecule has 0 saturated carbocycles. The van der Waals surface area contributed by atoms with E-state index in [1.54, 1.807) is 24.3 Å². The molecular formula is C14H12Cl2FNO. The van der Waals surface area contributed by atoms with Gasteiger partial charge in [-0.05, 0) is 29.8 Å². The van der Waals surface area contributed by atoms with Crippen LogP contribution in [0.5, 0.6) is 5.75 Å². The average Bonchev–Trinajstić information content (AvgIpc) is 2.40. The van der Waals surface area contributed by atoms with Crippen LogP contribution in [0.3, 0.4) is 0 Å². The van der Waals surface area contributed by atoms with Crippen LogP contribution in [0.15, 0.2) is 36.4 Å². The van der Waals surface area contributed by atoms with Crippen molar-refractivity contribution >= 4 is 28.9 Å². The molecule has 2 rings (SSSR count). The van der Waals surface area contributed by atoms with Crippen molar-refractivity contribution in [3.63, 3.8) is 0 Å². The van der Waals surface area contributed by atoms with Crippen molar-refractivity contribution < 1.29 is 9.13 Å². The summed E-state index contributed by atoms with van der Waals surface area (Å²) in [4.78, 5) is 0. The summed E-state index contributed by atoms with van der Waals surface area (Å²) < 4.78 is 18.3. The van der Waals surface area contributed by atoms with E-state index in [1.165, 1.54) is 13.2 Å². The molecule has 0 heterocycles.